The number of aliphatic hydroxyl groups is 1. The van der Waals surface area contributed by atoms with E-state index < -0.39 is 157 Å². The fourth-order valence-corrected chi connectivity index (χ4v) is 9.30. The van der Waals surface area contributed by atoms with Gasteiger partial charge in [-0.1, -0.05) is 70.9 Å². The normalized spacial score (nSPS) is 22.2. The zero-order valence-corrected chi connectivity index (χ0v) is 51.3. The summed E-state index contributed by atoms with van der Waals surface area (Å²) in [5.74, 6) is -10.5. The van der Waals surface area contributed by atoms with Crippen molar-refractivity contribution in [2.45, 2.75) is 198 Å². The predicted molar refractivity (Wildman–Crippen MR) is 321 cm³/mol. The highest BCUT2D eigenvalue weighted by molar-refractivity contribution is 5.99. The molecule has 0 aliphatic carbocycles. The molecule has 1 aliphatic heterocycles. The van der Waals surface area contributed by atoms with Gasteiger partial charge in [0.05, 0.1) is 6.10 Å². The number of ether oxygens (including phenoxy) is 1. The number of esters is 1. The molecule has 1 saturated heterocycles. The molecular formula is C57H98N16O14. The Kier molecular flexibility index (Phi) is 34.9. The average Bonchev–Trinajstić information content (AvgIpc) is 2.90. The minimum atomic E-state index is -1.70. The van der Waals surface area contributed by atoms with E-state index >= 15 is 0 Å². The van der Waals surface area contributed by atoms with Gasteiger partial charge in [-0.05, 0) is 115 Å². The van der Waals surface area contributed by atoms with Crippen LogP contribution in [-0.4, -0.2) is 188 Å². The summed E-state index contributed by atoms with van der Waals surface area (Å²) >= 11 is 0. The van der Waals surface area contributed by atoms with Crippen LogP contribution in [0.25, 0.3) is 0 Å². The Labute approximate surface area is 509 Å². The summed E-state index contributed by atoms with van der Waals surface area (Å²) in [6, 6.07) is -6.42. The van der Waals surface area contributed by atoms with Gasteiger partial charge >= 0.3 is 5.97 Å². The van der Waals surface area contributed by atoms with Gasteiger partial charge in [0.1, 0.15) is 66.5 Å². The largest absolute Gasteiger partial charge is 0.460 e. The number of unbranched alkanes of at least 4 members (excludes halogenated alkanes) is 1. The Hall–Kier alpha value is -7.38. The molecule has 0 spiro atoms. The Morgan fingerprint density at radius 2 is 1.06 bits per heavy atom. The molecule has 1 fully saturated rings. The summed E-state index contributed by atoms with van der Waals surface area (Å²) in [7, 11) is 0. The van der Waals surface area contributed by atoms with Gasteiger partial charge in [0, 0.05) is 26.3 Å². The Morgan fingerprint density at radius 1 is 0.563 bits per heavy atom. The highest BCUT2D eigenvalue weighted by Gasteiger charge is 2.38. The van der Waals surface area contributed by atoms with Crippen molar-refractivity contribution in [1.82, 2.24) is 58.5 Å². The fourth-order valence-electron chi connectivity index (χ4n) is 9.30. The maximum absolute atomic E-state index is 14.6. The van der Waals surface area contributed by atoms with E-state index in [2.05, 4.69) is 72.3 Å². The van der Waals surface area contributed by atoms with Crippen LogP contribution >= 0.6 is 0 Å². The van der Waals surface area contributed by atoms with Gasteiger partial charge in [0.15, 0.2) is 0 Å². The molecule has 1 heterocycles. The Balaban J connectivity index is 2.74. The van der Waals surface area contributed by atoms with Crippen molar-refractivity contribution in [2.24, 2.45) is 40.5 Å². The highest BCUT2D eigenvalue weighted by atomic mass is 16.5. The number of aliphatic hydroxyl groups excluding tert-OH is 1. The van der Waals surface area contributed by atoms with E-state index in [9.17, 15) is 62.6 Å². The number of nitrogens with two attached hydrogens (primary N) is 5. The van der Waals surface area contributed by atoms with Gasteiger partial charge in [-0.15, -0.1) is 0 Å². The van der Waals surface area contributed by atoms with Crippen molar-refractivity contribution in [3.8, 4) is 0 Å². The molecule has 0 unspecified atom stereocenters. The number of amides is 11. The Morgan fingerprint density at radius 3 is 1.56 bits per heavy atom. The van der Waals surface area contributed by atoms with Gasteiger partial charge < -0.3 is 97.0 Å². The third-order valence-corrected chi connectivity index (χ3v) is 14.0. The van der Waals surface area contributed by atoms with Crippen molar-refractivity contribution in [3.05, 3.63) is 35.9 Å². The van der Waals surface area contributed by atoms with Crippen molar-refractivity contribution in [2.75, 3.05) is 39.3 Å². The lowest BCUT2D eigenvalue weighted by atomic mass is 10.00. The van der Waals surface area contributed by atoms with Crippen LogP contribution in [0.5, 0.6) is 0 Å². The molecule has 12 atom stereocenters. The van der Waals surface area contributed by atoms with E-state index in [4.69, 9.17) is 33.4 Å². The predicted octanol–water partition coefficient (Wildman–Crippen LogP) is -5.06. The van der Waals surface area contributed by atoms with Crippen LogP contribution in [0.1, 0.15) is 125 Å². The molecule has 22 N–H and O–H groups in total. The number of hydrogen-bond donors (Lipinski definition) is 17. The second kappa shape index (κ2) is 40.1. The number of carbonyl (C=O) groups excluding carboxylic acids is 12. The molecule has 0 aromatic heterocycles. The van der Waals surface area contributed by atoms with Crippen molar-refractivity contribution >= 4 is 70.9 Å². The number of nitrogens with one attached hydrogen (secondary N) is 11. The van der Waals surface area contributed by atoms with Crippen LogP contribution in [0.3, 0.4) is 0 Å². The molecule has 1 aromatic rings. The van der Waals surface area contributed by atoms with E-state index in [0.717, 1.165) is 19.8 Å². The lowest BCUT2D eigenvalue weighted by Crippen LogP contribution is -2.62. The van der Waals surface area contributed by atoms with Gasteiger partial charge in [-0.2, -0.15) is 0 Å². The molecule has 0 saturated carbocycles. The van der Waals surface area contributed by atoms with E-state index in [0.29, 0.717) is 17.9 Å². The third kappa shape index (κ3) is 27.9. The average molecular weight is 1230 g/mol. The number of rotatable bonds is 29. The quantitative estimate of drug-likeness (QED) is 0.0264. The minimum Gasteiger partial charge on any atom is -0.460 e. The maximum atomic E-state index is 14.6. The summed E-state index contributed by atoms with van der Waals surface area (Å²) in [5, 5.41) is 39.0. The van der Waals surface area contributed by atoms with E-state index in [1.54, 1.807) is 44.2 Å². The summed E-state index contributed by atoms with van der Waals surface area (Å²) < 4.78 is 5.31. The van der Waals surface area contributed by atoms with Crippen molar-refractivity contribution in [1.29, 1.82) is 0 Å². The molecule has 1 aliphatic rings. The molecule has 0 bridgehead atoms. The smallest absolute Gasteiger partial charge is 0.302 e. The monoisotopic (exact) mass is 1230 g/mol. The lowest BCUT2D eigenvalue weighted by molar-refractivity contribution is -0.150. The topological polar surface area (TPSA) is 497 Å². The fraction of sp³-hybridized carbons (Fsp3) is 0.684. The Bertz CT molecular complexity index is 2420. The van der Waals surface area contributed by atoms with Gasteiger partial charge in [0.25, 0.3) is 0 Å². The second-order valence-electron chi connectivity index (χ2n) is 22.5. The van der Waals surface area contributed by atoms with E-state index in [1.165, 1.54) is 13.8 Å². The van der Waals surface area contributed by atoms with Crippen LogP contribution in [0.4, 0.5) is 0 Å². The van der Waals surface area contributed by atoms with E-state index in [-0.39, 0.29) is 90.0 Å². The second-order valence-corrected chi connectivity index (χ2v) is 22.5. The van der Waals surface area contributed by atoms with Crippen LogP contribution in [0.2, 0.25) is 0 Å². The summed E-state index contributed by atoms with van der Waals surface area (Å²) in [5.41, 5.74) is 30.0. The molecule has 30 heteroatoms. The van der Waals surface area contributed by atoms with Crippen molar-refractivity contribution in [3.63, 3.8) is 0 Å². The first-order valence-electron chi connectivity index (χ1n) is 29.9. The molecule has 490 valence electrons. The van der Waals surface area contributed by atoms with Gasteiger partial charge in [0.2, 0.25) is 65.0 Å². The number of benzene rings is 1. The zero-order chi connectivity index (χ0) is 65.3. The van der Waals surface area contributed by atoms with Gasteiger partial charge in [-0.25, -0.2) is 0 Å². The van der Waals surface area contributed by atoms with E-state index in [1.807, 2.05) is 0 Å². The lowest BCUT2D eigenvalue weighted by Gasteiger charge is -2.29. The SMILES string of the molecule is CC(=O)O[C@H](C)[C@H](NC(=O)[C@H](CCN)NC(=O)CCCCC(C)C)C(=O)N[C@@H](CCN)C(=O)N[C@H]1CCNC(=O)[C@H]([C@@H](C)O)NC(=O)[C@H](CCN)NC(=O)[C@H](CCN)NC(=O)[C@H](CC(C)C)NC(=O)[C@@H](Cc2ccccc2)NC(=O)[C@H](CCN)NC1=O. The number of carbonyl (C=O) groups is 12. The molecular weight excluding hydrogens is 1130 g/mol. The summed E-state index contributed by atoms with van der Waals surface area (Å²) in [6.07, 6.45) is -2.10. The summed E-state index contributed by atoms with van der Waals surface area (Å²) in [6.45, 7) is 9.98. The number of hydrogen-bond acceptors (Lipinski definition) is 19. The molecule has 11 amide bonds. The molecule has 30 nitrogen and oxygen atoms in total. The van der Waals surface area contributed by atoms with Crippen LogP contribution < -0.4 is 87.2 Å². The first-order chi connectivity index (χ1) is 41.2. The van der Waals surface area contributed by atoms with Crippen LogP contribution in [0, 0.1) is 11.8 Å². The first kappa shape index (κ1) is 75.7. The zero-order valence-electron chi connectivity index (χ0n) is 51.3. The molecule has 0 radical (unpaired) electrons. The van der Waals surface area contributed by atoms with Gasteiger partial charge in [-0.3, -0.25) is 57.5 Å². The summed E-state index contributed by atoms with van der Waals surface area (Å²) in [4.78, 5) is 167. The molecule has 2 rings (SSSR count). The molecule has 1 aromatic carbocycles. The highest BCUT2D eigenvalue weighted by Crippen LogP contribution is 2.13. The van der Waals surface area contributed by atoms with Crippen LogP contribution in [0.15, 0.2) is 30.3 Å². The minimum absolute atomic E-state index is 0.0381. The first-order valence-corrected chi connectivity index (χ1v) is 29.9. The standard InChI is InChI=1S/C57H98N16O14/c1-31(2)13-11-12-16-45(76)64-37(17-23-58)52(81)73-47(34(6)87-35(7)75)57(86)69-40(20-26-61)49(78)68-42-22-28-63-56(85)46(33(5)74)72-53(82)41(21-27-62)66-48(77)38(18-24-59)67-54(83)43(29-32(3)4)70-55(84)44(30-36-14-9-8-10-15-36)71-50(79)39(19-25-60)65-51(42)80/h8-10,14-15,31-34,37-44,46-47,74H,11-13,16-30,58-62H2,1-7H3,(H,63,85)(H,64,76)(H,65,80)(H,66,77)(H,67,83)(H,68,78)(H,69,86)(H,70,84)(H,71,79)(H,72,82)(H,73,81)/t33-,34-,37+,38+,39+,40+,41+,42+,43+,44-,46+,47+/m1/s1. The molecule has 87 heavy (non-hydrogen) atoms. The third-order valence-electron chi connectivity index (χ3n) is 14.0. The maximum Gasteiger partial charge on any atom is 0.302 e. The van der Waals surface area contributed by atoms with Crippen LogP contribution in [-0.2, 0) is 68.7 Å². The van der Waals surface area contributed by atoms with Crippen molar-refractivity contribution < 1.29 is 67.4 Å².